The van der Waals surface area contributed by atoms with Crippen LogP contribution < -0.4 is 10.9 Å². The second-order valence-electron chi connectivity index (χ2n) is 8.58. The molecule has 1 aromatic carbocycles. The van der Waals surface area contributed by atoms with E-state index >= 15 is 0 Å². The van der Waals surface area contributed by atoms with Crippen molar-refractivity contribution in [3.05, 3.63) is 82.4 Å². The van der Waals surface area contributed by atoms with Crippen LogP contribution in [-0.4, -0.2) is 33.4 Å². The fraction of sp³-hybridized carbons (Fsp3) is 0.320. The quantitative estimate of drug-likeness (QED) is 0.710. The standard InChI is InChI=1S/C25H26N4O2/c1-17(30)28-14-19-12-21(16-28)24-10-9-23(25(31)29(24)15-19)27-13-18-5-7-20(8-6-18)22-4-2-3-11-26-22/h2-11,19,21,27H,12-16H2,1H3/t19-,21-/m1/s1. The van der Waals surface area contributed by atoms with Crippen molar-refractivity contribution in [3.63, 3.8) is 0 Å². The number of piperidine rings is 1. The zero-order valence-corrected chi connectivity index (χ0v) is 17.6. The van der Waals surface area contributed by atoms with Crippen molar-refractivity contribution in [1.29, 1.82) is 0 Å². The van der Waals surface area contributed by atoms with Gasteiger partial charge >= 0.3 is 0 Å². The van der Waals surface area contributed by atoms with Crippen molar-refractivity contribution < 1.29 is 4.79 Å². The first-order valence-electron chi connectivity index (χ1n) is 10.8. The Labute approximate surface area is 181 Å². The topological polar surface area (TPSA) is 67.2 Å². The average molecular weight is 415 g/mol. The maximum atomic E-state index is 13.1. The lowest BCUT2D eigenvalue weighted by atomic mass is 9.83. The SMILES string of the molecule is CC(=O)N1C[C@H]2C[C@H](C1)c1ccc(NCc3ccc(-c4ccccn4)cc3)c(=O)n1C2. The van der Waals surface area contributed by atoms with Gasteiger partial charge in [0.25, 0.3) is 5.56 Å². The maximum absolute atomic E-state index is 13.1. The number of pyridine rings is 2. The smallest absolute Gasteiger partial charge is 0.274 e. The molecule has 2 aliphatic rings. The van der Waals surface area contributed by atoms with Crippen molar-refractivity contribution >= 4 is 11.6 Å². The Morgan fingerprint density at radius 1 is 1.06 bits per heavy atom. The van der Waals surface area contributed by atoms with Crippen LogP contribution in [0.5, 0.6) is 0 Å². The number of amides is 1. The Kier molecular flexibility index (Phi) is 5.06. The largest absolute Gasteiger partial charge is 0.377 e. The highest BCUT2D eigenvalue weighted by atomic mass is 16.2. The van der Waals surface area contributed by atoms with E-state index in [4.69, 9.17) is 0 Å². The van der Waals surface area contributed by atoms with Gasteiger partial charge in [0.05, 0.1) is 5.69 Å². The molecule has 0 saturated carbocycles. The van der Waals surface area contributed by atoms with E-state index in [9.17, 15) is 9.59 Å². The van der Waals surface area contributed by atoms with Crippen LogP contribution in [-0.2, 0) is 17.9 Å². The van der Waals surface area contributed by atoms with E-state index in [-0.39, 0.29) is 17.4 Å². The van der Waals surface area contributed by atoms with Crippen LogP contribution in [0.4, 0.5) is 5.69 Å². The summed E-state index contributed by atoms with van der Waals surface area (Å²) in [5, 5.41) is 3.32. The summed E-state index contributed by atoms with van der Waals surface area (Å²) in [5.41, 5.74) is 4.84. The summed E-state index contributed by atoms with van der Waals surface area (Å²) < 4.78 is 1.92. The van der Waals surface area contributed by atoms with Crippen molar-refractivity contribution in [2.75, 3.05) is 18.4 Å². The number of nitrogens with one attached hydrogen (secondary N) is 1. The molecule has 6 heteroatoms. The first-order valence-corrected chi connectivity index (χ1v) is 10.8. The number of nitrogens with zero attached hydrogens (tertiary/aromatic N) is 3. The van der Waals surface area contributed by atoms with Gasteiger partial charge in [0, 0.05) is 56.5 Å². The van der Waals surface area contributed by atoms with E-state index in [0.717, 1.165) is 35.5 Å². The summed E-state index contributed by atoms with van der Waals surface area (Å²) in [7, 11) is 0. The normalized spacial score (nSPS) is 19.6. The Balaban J connectivity index is 1.31. The van der Waals surface area contributed by atoms with Gasteiger partial charge in [-0.15, -0.1) is 0 Å². The fourth-order valence-corrected chi connectivity index (χ4v) is 4.86. The molecule has 2 atom stereocenters. The van der Waals surface area contributed by atoms with Crippen LogP contribution in [0.15, 0.2) is 65.6 Å². The number of anilines is 1. The van der Waals surface area contributed by atoms with Gasteiger partial charge in [-0.1, -0.05) is 30.3 Å². The second kappa shape index (κ2) is 8.02. The third-order valence-corrected chi connectivity index (χ3v) is 6.45. The van der Waals surface area contributed by atoms with Crippen LogP contribution in [0, 0.1) is 5.92 Å². The van der Waals surface area contributed by atoms with Crippen LogP contribution >= 0.6 is 0 Å². The van der Waals surface area contributed by atoms with Gasteiger partial charge < -0.3 is 14.8 Å². The number of likely N-dealkylation sites (tertiary alicyclic amines) is 1. The number of carbonyl (C=O) groups is 1. The monoisotopic (exact) mass is 414 g/mol. The molecule has 158 valence electrons. The number of carbonyl (C=O) groups excluding carboxylic acids is 1. The lowest BCUT2D eigenvalue weighted by Crippen LogP contribution is -2.48. The van der Waals surface area contributed by atoms with Gasteiger partial charge in [0.15, 0.2) is 0 Å². The number of hydrogen-bond donors (Lipinski definition) is 1. The molecular formula is C25H26N4O2. The highest BCUT2D eigenvalue weighted by molar-refractivity contribution is 5.73. The molecule has 3 aromatic rings. The zero-order valence-electron chi connectivity index (χ0n) is 17.6. The zero-order chi connectivity index (χ0) is 21.4. The minimum absolute atomic E-state index is 0.0357. The molecule has 4 heterocycles. The number of hydrogen-bond acceptors (Lipinski definition) is 4. The highest BCUT2D eigenvalue weighted by Gasteiger charge is 2.35. The van der Waals surface area contributed by atoms with Gasteiger partial charge in [-0.05, 0) is 42.2 Å². The van der Waals surface area contributed by atoms with E-state index in [1.54, 1.807) is 13.1 Å². The number of aromatic nitrogens is 2. The molecule has 0 radical (unpaired) electrons. The predicted molar refractivity (Wildman–Crippen MR) is 121 cm³/mol. The van der Waals surface area contributed by atoms with E-state index in [1.807, 2.05) is 33.7 Å². The Bertz CT molecular complexity index is 1150. The van der Waals surface area contributed by atoms with Crippen LogP contribution in [0.3, 0.4) is 0 Å². The van der Waals surface area contributed by atoms with Gasteiger partial charge in [-0.3, -0.25) is 14.6 Å². The predicted octanol–water partition coefficient (Wildman–Crippen LogP) is 3.49. The minimum Gasteiger partial charge on any atom is -0.377 e. The average Bonchev–Trinajstić information content (AvgIpc) is 2.80. The van der Waals surface area contributed by atoms with E-state index in [0.29, 0.717) is 31.2 Å². The Morgan fingerprint density at radius 2 is 1.90 bits per heavy atom. The molecule has 6 nitrogen and oxygen atoms in total. The highest BCUT2D eigenvalue weighted by Crippen LogP contribution is 2.35. The molecule has 1 saturated heterocycles. The summed E-state index contributed by atoms with van der Waals surface area (Å²) in [6.07, 6.45) is 2.85. The van der Waals surface area contributed by atoms with Crippen LogP contribution in [0.25, 0.3) is 11.3 Å². The van der Waals surface area contributed by atoms with Crippen LogP contribution in [0.1, 0.15) is 30.5 Å². The van der Waals surface area contributed by atoms with E-state index in [1.165, 1.54) is 0 Å². The molecule has 2 aromatic heterocycles. The molecule has 1 fully saturated rings. The molecule has 1 amide bonds. The summed E-state index contributed by atoms with van der Waals surface area (Å²) in [4.78, 5) is 31.3. The van der Waals surface area contributed by atoms with E-state index in [2.05, 4.69) is 40.6 Å². The molecule has 0 aliphatic carbocycles. The summed E-state index contributed by atoms with van der Waals surface area (Å²) >= 11 is 0. The third kappa shape index (κ3) is 3.85. The van der Waals surface area contributed by atoms with Crippen molar-refractivity contribution in [2.24, 2.45) is 5.92 Å². The van der Waals surface area contributed by atoms with Crippen molar-refractivity contribution in [1.82, 2.24) is 14.5 Å². The summed E-state index contributed by atoms with van der Waals surface area (Å²) in [6, 6.07) is 18.1. The molecule has 2 aliphatic heterocycles. The van der Waals surface area contributed by atoms with Crippen LogP contribution in [0.2, 0.25) is 0 Å². The van der Waals surface area contributed by atoms with Gasteiger partial charge in [0.2, 0.25) is 5.91 Å². The van der Waals surface area contributed by atoms with Gasteiger partial charge in [0.1, 0.15) is 5.69 Å². The molecular weight excluding hydrogens is 388 g/mol. The Hall–Kier alpha value is -3.41. The molecule has 0 unspecified atom stereocenters. The van der Waals surface area contributed by atoms with Crippen molar-refractivity contribution in [2.45, 2.75) is 32.4 Å². The number of benzene rings is 1. The van der Waals surface area contributed by atoms with Gasteiger partial charge in [-0.2, -0.15) is 0 Å². The molecule has 1 N–H and O–H groups in total. The lowest BCUT2D eigenvalue weighted by molar-refractivity contribution is -0.131. The first kappa shape index (κ1) is 19.5. The molecule has 0 spiro atoms. The third-order valence-electron chi connectivity index (χ3n) is 6.45. The molecule has 31 heavy (non-hydrogen) atoms. The molecule has 5 rings (SSSR count). The molecule has 2 bridgehead atoms. The first-order chi connectivity index (χ1) is 15.1. The van der Waals surface area contributed by atoms with Crippen molar-refractivity contribution in [3.8, 4) is 11.3 Å². The lowest BCUT2D eigenvalue weighted by Gasteiger charge is -2.42. The summed E-state index contributed by atoms with van der Waals surface area (Å²) in [6.45, 7) is 4.35. The van der Waals surface area contributed by atoms with Gasteiger partial charge in [-0.25, -0.2) is 0 Å². The minimum atomic E-state index is 0.0357. The second-order valence-corrected chi connectivity index (χ2v) is 8.58. The number of fused-ring (bicyclic) bond motifs is 4. The number of rotatable bonds is 4. The maximum Gasteiger partial charge on any atom is 0.274 e. The summed E-state index contributed by atoms with van der Waals surface area (Å²) in [5.74, 6) is 0.720. The Morgan fingerprint density at radius 3 is 2.65 bits per heavy atom. The van der Waals surface area contributed by atoms with E-state index < -0.39 is 0 Å². The fourth-order valence-electron chi connectivity index (χ4n) is 4.86.